The first-order valence-corrected chi connectivity index (χ1v) is 8.92. The van der Waals surface area contributed by atoms with Gasteiger partial charge in [-0.25, -0.2) is 4.68 Å². The van der Waals surface area contributed by atoms with E-state index in [9.17, 15) is 4.79 Å². The van der Waals surface area contributed by atoms with Crippen molar-refractivity contribution >= 4 is 11.6 Å². The number of hydrogen-bond donors (Lipinski definition) is 1. The molecule has 0 unspecified atom stereocenters. The lowest BCUT2D eigenvalue weighted by atomic mass is 10.2. The van der Waals surface area contributed by atoms with E-state index in [0.717, 1.165) is 5.69 Å². The van der Waals surface area contributed by atoms with Crippen LogP contribution in [0.5, 0.6) is 5.75 Å². The fraction of sp³-hybridized carbons (Fsp3) is 0.0909. The largest absolute Gasteiger partial charge is 0.495 e. The standard InChI is InChI=1S/C22H20N4O2/c1-16-20(21(27)23-18-12-6-7-13-19(18)28-2)22(25-14-8-9-15-25)26(24-16)17-10-4-3-5-11-17/h3-15H,1-2H3,(H,23,27). The molecule has 0 fully saturated rings. The number of carbonyl (C=O) groups excluding carboxylic acids is 1. The van der Waals surface area contributed by atoms with Crippen molar-refractivity contribution < 1.29 is 9.53 Å². The van der Waals surface area contributed by atoms with Crippen LogP contribution in [0.15, 0.2) is 79.1 Å². The van der Waals surface area contributed by atoms with Crippen molar-refractivity contribution in [1.29, 1.82) is 0 Å². The van der Waals surface area contributed by atoms with Gasteiger partial charge in [0.15, 0.2) is 5.82 Å². The second-order valence-electron chi connectivity index (χ2n) is 6.28. The van der Waals surface area contributed by atoms with E-state index in [1.807, 2.05) is 90.6 Å². The van der Waals surface area contributed by atoms with E-state index in [-0.39, 0.29) is 5.91 Å². The van der Waals surface area contributed by atoms with Crippen LogP contribution in [0.1, 0.15) is 16.1 Å². The number of benzene rings is 2. The molecule has 2 heterocycles. The van der Waals surface area contributed by atoms with E-state index in [4.69, 9.17) is 4.74 Å². The van der Waals surface area contributed by atoms with Gasteiger partial charge in [-0.05, 0) is 43.3 Å². The molecule has 2 aromatic carbocycles. The van der Waals surface area contributed by atoms with Crippen LogP contribution in [0.4, 0.5) is 5.69 Å². The Kier molecular flexibility index (Phi) is 4.68. The molecule has 0 saturated heterocycles. The Morgan fingerprint density at radius 3 is 2.36 bits per heavy atom. The second-order valence-corrected chi connectivity index (χ2v) is 6.28. The highest BCUT2D eigenvalue weighted by Gasteiger charge is 2.24. The summed E-state index contributed by atoms with van der Waals surface area (Å²) in [5.74, 6) is 1.04. The fourth-order valence-electron chi connectivity index (χ4n) is 3.18. The van der Waals surface area contributed by atoms with Gasteiger partial charge in [0, 0.05) is 12.4 Å². The molecule has 1 N–H and O–H groups in total. The topological polar surface area (TPSA) is 61.1 Å². The lowest BCUT2D eigenvalue weighted by Crippen LogP contribution is -2.16. The first-order valence-electron chi connectivity index (χ1n) is 8.92. The lowest BCUT2D eigenvalue weighted by molar-refractivity contribution is 0.102. The van der Waals surface area contributed by atoms with Gasteiger partial charge in [-0.2, -0.15) is 5.10 Å². The zero-order valence-electron chi connectivity index (χ0n) is 15.7. The molecule has 2 aromatic heterocycles. The number of ether oxygens (including phenoxy) is 1. The molecule has 0 atom stereocenters. The van der Waals surface area contributed by atoms with E-state index in [2.05, 4.69) is 10.4 Å². The van der Waals surface area contributed by atoms with Crippen LogP contribution in [0.2, 0.25) is 0 Å². The molecule has 0 saturated carbocycles. The lowest BCUT2D eigenvalue weighted by Gasteiger charge is -2.12. The average molecular weight is 372 g/mol. The number of carbonyl (C=O) groups is 1. The second kappa shape index (κ2) is 7.44. The molecule has 1 amide bonds. The Labute approximate surface area is 163 Å². The smallest absolute Gasteiger partial charge is 0.261 e. The molecule has 0 aliphatic carbocycles. The third-order valence-electron chi connectivity index (χ3n) is 4.47. The molecule has 4 aromatic rings. The van der Waals surface area contributed by atoms with Crippen LogP contribution in [-0.4, -0.2) is 27.4 Å². The van der Waals surface area contributed by atoms with E-state index in [1.165, 1.54) is 0 Å². The zero-order valence-corrected chi connectivity index (χ0v) is 15.7. The van der Waals surface area contributed by atoms with Crippen molar-refractivity contribution in [2.45, 2.75) is 6.92 Å². The predicted molar refractivity (Wildman–Crippen MR) is 109 cm³/mol. The number of para-hydroxylation sites is 3. The van der Waals surface area contributed by atoms with Gasteiger partial charge >= 0.3 is 0 Å². The van der Waals surface area contributed by atoms with Gasteiger partial charge in [0.2, 0.25) is 0 Å². The van der Waals surface area contributed by atoms with Gasteiger partial charge < -0.3 is 14.6 Å². The van der Waals surface area contributed by atoms with E-state index in [1.54, 1.807) is 11.8 Å². The molecule has 28 heavy (non-hydrogen) atoms. The summed E-state index contributed by atoms with van der Waals surface area (Å²) in [6.45, 7) is 1.84. The highest BCUT2D eigenvalue weighted by Crippen LogP contribution is 2.27. The van der Waals surface area contributed by atoms with Crippen LogP contribution in [0, 0.1) is 6.92 Å². The Balaban J connectivity index is 1.83. The third kappa shape index (κ3) is 3.16. The van der Waals surface area contributed by atoms with E-state index < -0.39 is 0 Å². The number of amides is 1. The first kappa shape index (κ1) is 17.6. The maximum absolute atomic E-state index is 13.2. The number of rotatable bonds is 5. The summed E-state index contributed by atoms with van der Waals surface area (Å²) < 4.78 is 9.03. The quantitative estimate of drug-likeness (QED) is 0.570. The van der Waals surface area contributed by atoms with Crippen LogP contribution in [0.25, 0.3) is 11.5 Å². The summed E-state index contributed by atoms with van der Waals surface area (Å²) in [6.07, 6.45) is 3.80. The Bertz CT molecular complexity index is 1100. The van der Waals surface area contributed by atoms with Crippen molar-refractivity contribution in [2.24, 2.45) is 0 Å². The SMILES string of the molecule is COc1ccccc1NC(=O)c1c(C)nn(-c2ccccc2)c1-n1cccc1. The van der Waals surface area contributed by atoms with Crippen molar-refractivity contribution in [3.8, 4) is 17.3 Å². The summed E-state index contributed by atoms with van der Waals surface area (Å²) in [7, 11) is 1.58. The molecule has 4 rings (SSSR count). The predicted octanol–water partition coefficient (Wildman–Crippen LogP) is 4.23. The molecule has 0 aliphatic rings. The summed E-state index contributed by atoms with van der Waals surface area (Å²) in [5.41, 5.74) is 2.64. The minimum absolute atomic E-state index is 0.243. The summed E-state index contributed by atoms with van der Waals surface area (Å²) >= 11 is 0. The van der Waals surface area contributed by atoms with Crippen LogP contribution < -0.4 is 10.1 Å². The molecule has 6 nitrogen and oxygen atoms in total. The highest BCUT2D eigenvalue weighted by molar-refractivity contribution is 6.08. The number of methoxy groups -OCH3 is 1. The number of aromatic nitrogens is 3. The summed E-state index contributed by atoms with van der Waals surface area (Å²) in [5, 5.41) is 7.60. The van der Waals surface area contributed by atoms with Crippen LogP contribution >= 0.6 is 0 Å². The number of anilines is 1. The third-order valence-corrected chi connectivity index (χ3v) is 4.47. The number of nitrogens with one attached hydrogen (secondary N) is 1. The molecule has 0 radical (unpaired) electrons. The van der Waals surface area contributed by atoms with Gasteiger partial charge in [0.1, 0.15) is 11.3 Å². The van der Waals surface area contributed by atoms with Crippen molar-refractivity contribution in [1.82, 2.24) is 14.3 Å². The van der Waals surface area contributed by atoms with Crippen molar-refractivity contribution in [3.63, 3.8) is 0 Å². The Morgan fingerprint density at radius 2 is 1.64 bits per heavy atom. The number of aryl methyl sites for hydroxylation is 1. The normalized spacial score (nSPS) is 10.6. The summed E-state index contributed by atoms with van der Waals surface area (Å²) in [6, 6.07) is 20.9. The monoisotopic (exact) mass is 372 g/mol. The Morgan fingerprint density at radius 1 is 0.964 bits per heavy atom. The molecular weight excluding hydrogens is 352 g/mol. The highest BCUT2D eigenvalue weighted by atomic mass is 16.5. The number of hydrogen-bond acceptors (Lipinski definition) is 3. The fourth-order valence-corrected chi connectivity index (χ4v) is 3.18. The van der Waals surface area contributed by atoms with Gasteiger partial charge in [0.25, 0.3) is 5.91 Å². The van der Waals surface area contributed by atoms with Crippen LogP contribution in [-0.2, 0) is 0 Å². The zero-order chi connectivity index (χ0) is 19.5. The molecule has 140 valence electrons. The van der Waals surface area contributed by atoms with Crippen molar-refractivity contribution in [3.05, 3.63) is 90.4 Å². The Hall–Kier alpha value is -3.80. The maximum Gasteiger partial charge on any atom is 0.261 e. The molecule has 6 heteroatoms. The minimum atomic E-state index is -0.243. The molecule has 0 aliphatic heterocycles. The molecular formula is C22H20N4O2. The van der Waals surface area contributed by atoms with E-state index >= 15 is 0 Å². The van der Waals surface area contributed by atoms with Crippen LogP contribution in [0.3, 0.4) is 0 Å². The molecule has 0 spiro atoms. The van der Waals surface area contributed by atoms with Gasteiger partial charge in [-0.3, -0.25) is 4.79 Å². The minimum Gasteiger partial charge on any atom is -0.495 e. The summed E-state index contributed by atoms with van der Waals surface area (Å²) in [4.78, 5) is 13.2. The van der Waals surface area contributed by atoms with Crippen molar-refractivity contribution in [2.75, 3.05) is 12.4 Å². The van der Waals surface area contributed by atoms with E-state index in [0.29, 0.717) is 28.5 Å². The average Bonchev–Trinajstić information content (AvgIpc) is 3.36. The van der Waals surface area contributed by atoms with Gasteiger partial charge in [0.05, 0.1) is 24.2 Å². The first-order chi connectivity index (χ1) is 13.7. The van der Waals surface area contributed by atoms with Gasteiger partial charge in [-0.1, -0.05) is 30.3 Å². The maximum atomic E-state index is 13.2. The molecule has 0 bridgehead atoms. The number of nitrogens with zero attached hydrogens (tertiary/aromatic N) is 3. The van der Waals surface area contributed by atoms with Gasteiger partial charge in [-0.15, -0.1) is 0 Å².